The topological polar surface area (TPSA) is 88.5 Å². The highest BCUT2D eigenvalue weighted by Gasteiger charge is 2.36. The van der Waals surface area contributed by atoms with Crippen molar-refractivity contribution in [3.8, 4) is 5.69 Å². The Hall–Kier alpha value is -3.20. The molecule has 192 valence electrons. The summed E-state index contributed by atoms with van der Waals surface area (Å²) < 4.78 is 7.07. The first-order valence-electron chi connectivity index (χ1n) is 12.9. The molecule has 0 atom stereocenters. The van der Waals surface area contributed by atoms with Crippen molar-refractivity contribution in [2.45, 2.75) is 38.8 Å². The Balaban J connectivity index is 1.41. The van der Waals surface area contributed by atoms with Gasteiger partial charge in [0, 0.05) is 43.0 Å². The maximum atomic E-state index is 14.1. The van der Waals surface area contributed by atoms with E-state index in [0.717, 1.165) is 43.6 Å². The second-order valence-electron chi connectivity index (χ2n) is 10.0. The molecule has 0 bridgehead atoms. The smallest absolute Gasteiger partial charge is 0.277 e. The van der Waals surface area contributed by atoms with E-state index in [9.17, 15) is 9.59 Å². The van der Waals surface area contributed by atoms with Gasteiger partial charge >= 0.3 is 0 Å². The van der Waals surface area contributed by atoms with E-state index in [0.29, 0.717) is 59.7 Å². The summed E-state index contributed by atoms with van der Waals surface area (Å²) in [6, 6.07) is 11.4. The highest BCUT2D eigenvalue weighted by Crippen LogP contribution is 2.33. The maximum Gasteiger partial charge on any atom is 0.277 e. The fourth-order valence-electron chi connectivity index (χ4n) is 5.36. The molecule has 1 aromatic heterocycles. The number of carbonyl (C=O) groups is 2. The molecule has 3 aromatic rings. The summed E-state index contributed by atoms with van der Waals surface area (Å²) >= 11 is 6.28. The molecule has 2 amide bonds. The summed E-state index contributed by atoms with van der Waals surface area (Å²) in [5.74, 6) is 0.140. The summed E-state index contributed by atoms with van der Waals surface area (Å²) in [7, 11) is 1.69. The van der Waals surface area contributed by atoms with Crippen molar-refractivity contribution in [2.75, 3.05) is 31.6 Å². The van der Waals surface area contributed by atoms with E-state index in [1.54, 1.807) is 28.8 Å². The summed E-state index contributed by atoms with van der Waals surface area (Å²) in [5, 5.41) is 11.6. The molecular formula is C28H30ClN5O3. The van der Waals surface area contributed by atoms with Gasteiger partial charge in [-0.25, -0.2) is 4.68 Å². The molecule has 3 aliphatic rings. The van der Waals surface area contributed by atoms with Crippen LogP contribution in [0.2, 0.25) is 5.02 Å². The van der Waals surface area contributed by atoms with Crippen molar-refractivity contribution in [3.05, 3.63) is 75.1 Å². The van der Waals surface area contributed by atoms with E-state index >= 15 is 0 Å². The van der Waals surface area contributed by atoms with E-state index in [2.05, 4.69) is 27.9 Å². The van der Waals surface area contributed by atoms with Gasteiger partial charge in [-0.1, -0.05) is 17.7 Å². The van der Waals surface area contributed by atoms with Crippen LogP contribution in [0.4, 0.5) is 5.69 Å². The molecule has 0 unspecified atom stereocenters. The van der Waals surface area contributed by atoms with Crippen molar-refractivity contribution >= 4 is 29.1 Å². The van der Waals surface area contributed by atoms with Crippen LogP contribution in [0, 0.1) is 5.92 Å². The Morgan fingerprint density at radius 1 is 1.19 bits per heavy atom. The number of amides is 2. The molecule has 8 nitrogen and oxygen atoms in total. The van der Waals surface area contributed by atoms with Crippen LogP contribution in [0.1, 0.15) is 56.1 Å². The number of fused-ring (bicyclic) bond motifs is 2. The number of rotatable bonds is 7. The first kappa shape index (κ1) is 24.2. The van der Waals surface area contributed by atoms with E-state index in [4.69, 9.17) is 16.3 Å². The lowest BCUT2D eigenvalue weighted by Crippen LogP contribution is -2.39. The molecule has 2 aromatic carbocycles. The van der Waals surface area contributed by atoms with Crippen molar-refractivity contribution < 1.29 is 14.3 Å². The van der Waals surface area contributed by atoms with Gasteiger partial charge in [-0.3, -0.25) is 9.59 Å². The number of anilines is 1. The van der Waals surface area contributed by atoms with Crippen molar-refractivity contribution in [1.82, 2.24) is 20.4 Å². The van der Waals surface area contributed by atoms with Gasteiger partial charge < -0.3 is 20.3 Å². The zero-order chi connectivity index (χ0) is 25.5. The average molecular weight is 520 g/mol. The van der Waals surface area contributed by atoms with Crippen LogP contribution >= 0.6 is 11.6 Å². The third-order valence-electron chi connectivity index (χ3n) is 7.43. The number of methoxy groups -OCH3 is 1. The molecule has 1 aliphatic carbocycles. The van der Waals surface area contributed by atoms with Gasteiger partial charge in [0.05, 0.1) is 12.3 Å². The van der Waals surface area contributed by atoms with Gasteiger partial charge in [0.2, 0.25) is 0 Å². The molecule has 2 aliphatic heterocycles. The van der Waals surface area contributed by atoms with Crippen molar-refractivity contribution in [3.63, 3.8) is 0 Å². The van der Waals surface area contributed by atoms with Crippen LogP contribution in [0.3, 0.4) is 0 Å². The Morgan fingerprint density at radius 3 is 2.84 bits per heavy atom. The summed E-state index contributed by atoms with van der Waals surface area (Å²) in [5.41, 5.74) is 6.50. The lowest BCUT2D eigenvalue weighted by Gasteiger charge is -2.30. The zero-order valence-corrected chi connectivity index (χ0v) is 21.6. The molecular weight excluding hydrogens is 490 g/mol. The van der Waals surface area contributed by atoms with E-state index in [1.807, 2.05) is 12.1 Å². The first-order valence-corrected chi connectivity index (χ1v) is 13.2. The number of carbonyl (C=O) groups excluding carboxylic acids is 2. The Labute approximate surface area is 220 Å². The summed E-state index contributed by atoms with van der Waals surface area (Å²) in [6.45, 7) is 3.30. The number of nitrogens with zero attached hydrogens (tertiary/aromatic N) is 3. The van der Waals surface area contributed by atoms with Gasteiger partial charge in [0.25, 0.3) is 11.8 Å². The maximum absolute atomic E-state index is 14.1. The molecule has 6 rings (SSSR count). The Bertz CT molecular complexity index is 1380. The molecule has 0 spiro atoms. The van der Waals surface area contributed by atoms with Crippen LogP contribution in [0.5, 0.6) is 0 Å². The SMILES string of the molecule is COCc1cc(N2CCc3c(C(=O)NCC4CC4)nn(-c4cccc(Cl)c4)c3C2=O)cc2c1CCNC2. The number of hydrogen-bond donors (Lipinski definition) is 2. The largest absolute Gasteiger partial charge is 0.380 e. The number of aromatic nitrogens is 2. The van der Waals surface area contributed by atoms with Gasteiger partial charge in [-0.05, 0) is 85.2 Å². The number of halogens is 1. The van der Waals surface area contributed by atoms with Gasteiger partial charge in [0.1, 0.15) is 5.69 Å². The third kappa shape index (κ3) is 4.65. The van der Waals surface area contributed by atoms with Crippen LogP contribution < -0.4 is 15.5 Å². The minimum absolute atomic E-state index is 0.179. The standard InChI is InChI=1S/C28H30ClN5O3/c1-37-16-19-12-22(11-18-15-30-9-7-23(18)19)33-10-8-24-25(27(35)31-14-17-5-6-17)32-34(26(24)28(33)36)21-4-2-3-20(29)13-21/h2-4,11-13,17,30H,5-10,14-16H2,1H3,(H,31,35). The number of ether oxygens (including phenoxy) is 1. The monoisotopic (exact) mass is 519 g/mol. The average Bonchev–Trinajstić information content (AvgIpc) is 3.65. The molecule has 2 N–H and O–H groups in total. The Morgan fingerprint density at radius 2 is 2.05 bits per heavy atom. The highest BCUT2D eigenvalue weighted by atomic mass is 35.5. The quantitative estimate of drug-likeness (QED) is 0.497. The second-order valence-corrected chi connectivity index (χ2v) is 10.5. The predicted molar refractivity (Wildman–Crippen MR) is 142 cm³/mol. The minimum atomic E-state index is -0.229. The Kier molecular flexibility index (Phi) is 6.48. The number of nitrogens with one attached hydrogen (secondary N) is 2. The molecule has 1 fully saturated rings. The lowest BCUT2D eigenvalue weighted by atomic mass is 9.93. The van der Waals surface area contributed by atoms with Crippen LogP contribution in [0.15, 0.2) is 36.4 Å². The van der Waals surface area contributed by atoms with Crippen LogP contribution in [0.25, 0.3) is 5.69 Å². The van der Waals surface area contributed by atoms with E-state index in [-0.39, 0.29) is 11.8 Å². The van der Waals surface area contributed by atoms with Crippen molar-refractivity contribution in [2.24, 2.45) is 5.92 Å². The first-order chi connectivity index (χ1) is 18.0. The highest BCUT2D eigenvalue weighted by molar-refractivity contribution is 6.30. The normalized spacial score (nSPS) is 16.9. The summed E-state index contributed by atoms with van der Waals surface area (Å²) in [4.78, 5) is 29.0. The van der Waals surface area contributed by atoms with E-state index < -0.39 is 0 Å². The summed E-state index contributed by atoms with van der Waals surface area (Å²) in [6.07, 6.45) is 3.75. The fraction of sp³-hybridized carbons (Fsp3) is 0.393. The molecule has 3 heterocycles. The second kappa shape index (κ2) is 9.93. The molecule has 0 radical (unpaired) electrons. The van der Waals surface area contributed by atoms with Crippen LogP contribution in [-0.2, 0) is 30.7 Å². The number of hydrogen-bond acceptors (Lipinski definition) is 5. The van der Waals surface area contributed by atoms with Gasteiger partial charge in [-0.15, -0.1) is 0 Å². The third-order valence-corrected chi connectivity index (χ3v) is 7.67. The predicted octanol–water partition coefficient (Wildman–Crippen LogP) is 3.66. The van der Waals surface area contributed by atoms with Gasteiger partial charge in [-0.2, -0.15) is 5.10 Å². The molecule has 0 saturated heterocycles. The number of benzene rings is 2. The molecule has 9 heteroatoms. The van der Waals surface area contributed by atoms with E-state index in [1.165, 1.54) is 11.1 Å². The molecule has 1 saturated carbocycles. The zero-order valence-electron chi connectivity index (χ0n) is 20.8. The fourth-order valence-corrected chi connectivity index (χ4v) is 5.55. The molecule has 37 heavy (non-hydrogen) atoms. The van der Waals surface area contributed by atoms with Gasteiger partial charge in [0.15, 0.2) is 5.69 Å². The lowest BCUT2D eigenvalue weighted by molar-refractivity contribution is 0.0945. The van der Waals surface area contributed by atoms with Crippen LogP contribution in [-0.4, -0.2) is 48.3 Å². The minimum Gasteiger partial charge on any atom is -0.380 e. The van der Waals surface area contributed by atoms with Crippen molar-refractivity contribution in [1.29, 1.82) is 0 Å².